The third-order valence-corrected chi connectivity index (χ3v) is 11.5. The SMILES string of the molecule is CC/C=C\C/C=C\C/C=C\C/C=C\CCCCCCC(=O)O[C@H](COC(=O)CCCCCCC/C=C\CCCCCCCC)COC(=O)CCCCCCCCCCCCCCC. The van der Waals surface area contributed by atoms with Gasteiger partial charge in [0.2, 0.25) is 0 Å². The monoisotopic (exact) mass is 881 g/mol. The van der Waals surface area contributed by atoms with Gasteiger partial charge in [-0.15, -0.1) is 0 Å². The molecule has 0 saturated heterocycles. The molecule has 6 nitrogen and oxygen atoms in total. The summed E-state index contributed by atoms with van der Waals surface area (Å²) >= 11 is 0. The lowest BCUT2D eigenvalue weighted by atomic mass is 10.0. The van der Waals surface area contributed by atoms with E-state index in [0.717, 1.165) is 103 Å². The number of hydrogen-bond donors (Lipinski definition) is 0. The van der Waals surface area contributed by atoms with E-state index in [4.69, 9.17) is 14.2 Å². The number of rotatable bonds is 48. The second-order valence-corrected chi connectivity index (χ2v) is 17.8. The molecule has 0 radical (unpaired) electrons. The maximum Gasteiger partial charge on any atom is 0.306 e. The van der Waals surface area contributed by atoms with Crippen molar-refractivity contribution in [3.63, 3.8) is 0 Å². The lowest BCUT2D eigenvalue weighted by Crippen LogP contribution is -2.30. The van der Waals surface area contributed by atoms with Crippen molar-refractivity contribution in [2.75, 3.05) is 13.2 Å². The molecule has 0 aromatic carbocycles. The minimum absolute atomic E-state index is 0.0848. The predicted octanol–water partition coefficient (Wildman–Crippen LogP) is 17.6. The Labute approximate surface area is 390 Å². The molecule has 0 rings (SSSR count). The van der Waals surface area contributed by atoms with Gasteiger partial charge < -0.3 is 14.2 Å². The van der Waals surface area contributed by atoms with Crippen LogP contribution in [0, 0.1) is 0 Å². The van der Waals surface area contributed by atoms with Crippen LogP contribution < -0.4 is 0 Å². The highest BCUT2D eigenvalue weighted by atomic mass is 16.6. The minimum atomic E-state index is -0.788. The topological polar surface area (TPSA) is 78.9 Å². The molecule has 0 saturated carbocycles. The summed E-state index contributed by atoms with van der Waals surface area (Å²) in [5.74, 6) is -0.910. The van der Waals surface area contributed by atoms with E-state index in [2.05, 4.69) is 81.5 Å². The van der Waals surface area contributed by atoms with Crippen molar-refractivity contribution < 1.29 is 28.6 Å². The van der Waals surface area contributed by atoms with E-state index in [-0.39, 0.29) is 31.1 Å². The molecule has 0 bridgehead atoms. The van der Waals surface area contributed by atoms with Crippen molar-refractivity contribution in [3.05, 3.63) is 60.8 Å². The third kappa shape index (κ3) is 50.0. The van der Waals surface area contributed by atoms with E-state index in [1.165, 1.54) is 122 Å². The number of allylic oxidation sites excluding steroid dienone is 10. The second kappa shape index (κ2) is 51.7. The van der Waals surface area contributed by atoms with Crippen molar-refractivity contribution in [2.45, 2.75) is 271 Å². The number of hydrogen-bond acceptors (Lipinski definition) is 6. The third-order valence-electron chi connectivity index (χ3n) is 11.5. The molecule has 0 spiro atoms. The van der Waals surface area contributed by atoms with Crippen molar-refractivity contribution in [1.29, 1.82) is 0 Å². The number of ether oxygens (including phenoxy) is 3. The van der Waals surface area contributed by atoms with Crippen LogP contribution in [0.25, 0.3) is 0 Å². The molecule has 0 aromatic heterocycles. The molecular weight excluding hydrogens is 781 g/mol. The fourth-order valence-electron chi connectivity index (χ4n) is 7.49. The van der Waals surface area contributed by atoms with Gasteiger partial charge in [0.25, 0.3) is 0 Å². The van der Waals surface area contributed by atoms with Gasteiger partial charge in [-0.25, -0.2) is 0 Å². The van der Waals surface area contributed by atoms with E-state index in [9.17, 15) is 14.4 Å². The fourth-order valence-corrected chi connectivity index (χ4v) is 7.49. The van der Waals surface area contributed by atoms with Gasteiger partial charge in [-0.2, -0.15) is 0 Å². The maximum absolute atomic E-state index is 12.8. The molecule has 0 aliphatic heterocycles. The Hall–Kier alpha value is -2.89. The van der Waals surface area contributed by atoms with E-state index in [0.29, 0.717) is 19.3 Å². The van der Waals surface area contributed by atoms with Crippen LogP contribution in [0.15, 0.2) is 60.8 Å². The molecule has 63 heavy (non-hydrogen) atoms. The van der Waals surface area contributed by atoms with Crippen LogP contribution in [0.3, 0.4) is 0 Å². The van der Waals surface area contributed by atoms with Crippen molar-refractivity contribution in [3.8, 4) is 0 Å². The summed E-state index contributed by atoms with van der Waals surface area (Å²) in [6.45, 7) is 6.51. The van der Waals surface area contributed by atoms with Crippen LogP contribution >= 0.6 is 0 Å². The van der Waals surface area contributed by atoms with Gasteiger partial charge in [-0.3, -0.25) is 14.4 Å². The summed E-state index contributed by atoms with van der Waals surface area (Å²) in [4.78, 5) is 38.0. The summed E-state index contributed by atoms with van der Waals surface area (Å²) < 4.78 is 16.8. The maximum atomic E-state index is 12.8. The minimum Gasteiger partial charge on any atom is -0.462 e. The predicted molar refractivity (Wildman–Crippen MR) is 270 cm³/mol. The first-order valence-electron chi connectivity index (χ1n) is 26.8. The second-order valence-electron chi connectivity index (χ2n) is 17.8. The van der Waals surface area contributed by atoms with Gasteiger partial charge in [-0.1, -0.05) is 223 Å². The molecule has 364 valence electrons. The molecule has 0 heterocycles. The first-order valence-corrected chi connectivity index (χ1v) is 26.8. The van der Waals surface area contributed by atoms with Crippen LogP contribution in [-0.4, -0.2) is 37.2 Å². The Balaban J connectivity index is 4.43. The lowest BCUT2D eigenvalue weighted by Gasteiger charge is -2.18. The van der Waals surface area contributed by atoms with E-state index in [1.54, 1.807) is 0 Å². The van der Waals surface area contributed by atoms with E-state index in [1.807, 2.05) is 0 Å². The molecule has 0 N–H and O–H groups in total. The summed E-state index contributed by atoms with van der Waals surface area (Å²) in [7, 11) is 0. The molecule has 6 heteroatoms. The van der Waals surface area contributed by atoms with Gasteiger partial charge in [0.15, 0.2) is 6.10 Å². The Morgan fingerprint density at radius 2 is 0.619 bits per heavy atom. The van der Waals surface area contributed by atoms with Gasteiger partial charge in [0.1, 0.15) is 13.2 Å². The fraction of sp³-hybridized carbons (Fsp3) is 0.772. The molecule has 0 aliphatic carbocycles. The average molecular weight is 881 g/mol. The van der Waals surface area contributed by atoms with Gasteiger partial charge >= 0.3 is 17.9 Å². The zero-order valence-electron chi connectivity index (χ0n) is 41.6. The Morgan fingerprint density at radius 1 is 0.333 bits per heavy atom. The van der Waals surface area contributed by atoms with Crippen molar-refractivity contribution in [1.82, 2.24) is 0 Å². The number of carbonyl (C=O) groups excluding carboxylic acids is 3. The van der Waals surface area contributed by atoms with E-state index >= 15 is 0 Å². The summed E-state index contributed by atoms with van der Waals surface area (Å²) in [6.07, 6.45) is 63.4. The van der Waals surface area contributed by atoms with Gasteiger partial charge in [0, 0.05) is 19.3 Å². The standard InChI is InChI=1S/C57H100O6/c1-4-7-10-13-16-19-22-25-27-28-30-33-36-39-42-45-48-51-57(60)63-54(52-61-55(58)49-46-43-40-37-34-31-24-21-18-15-12-9-6-3)53-62-56(59)50-47-44-41-38-35-32-29-26-23-20-17-14-11-8-5-2/h7,10,16,19,25-27,29-30,33,54H,4-6,8-9,11-15,17-18,20-24,28,31-32,34-53H2,1-3H3/b10-7-,19-16-,27-25-,29-26-,33-30-/t54-/m0/s1. The molecular formula is C57H100O6. The van der Waals surface area contributed by atoms with Crippen LogP contribution in [0.5, 0.6) is 0 Å². The highest BCUT2D eigenvalue weighted by Crippen LogP contribution is 2.15. The smallest absolute Gasteiger partial charge is 0.306 e. The average Bonchev–Trinajstić information content (AvgIpc) is 3.28. The molecule has 0 aromatic rings. The summed E-state index contributed by atoms with van der Waals surface area (Å²) in [6, 6.07) is 0. The lowest BCUT2D eigenvalue weighted by molar-refractivity contribution is -0.167. The molecule has 1 atom stereocenters. The molecule has 0 amide bonds. The van der Waals surface area contributed by atoms with Crippen molar-refractivity contribution >= 4 is 17.9 Å². The van der Waals surface area contributed by atoms with Crippen LogP contribution in [0.2, 0.25) is 0 Å². The molecule has 0 aliphatic rings. The van der Waals surface area contributed by atoms with Crippen LogP contribution in [0.4, 0.5) is 0 Å². The first kappa shape index (κ1) is 60.1. The van der Waals surface area contributed by atoms with Gasteiger partial charge in [0.05, 0.1) is 0 Å². The number of esters is 3. The zero-order chi connectivity index (χ0) is 45.8. The zero-order valence-corrected chi connectivity index (χ0v) is 41.6. The largest absolute Gasteiger partial charge is 0.462 e. The summed E-state index contributed by atoms with van der Waals surface area (Å²) in [5, 5.41) is 0. The van der Waals surface area contributed by atoms with Crippen molar-refractivity contribution in [2.24, 2.45) is 0 Å². The Kier molecular flexibility index (Phi) is 49.4. The number of unbranched alkanes of at least 4 members (excludes halogenated alkanes) is 27. The summed E-state index contributed by atoms with van der Waals surface area (Å²) in [5.41, 5.74) is 0. The Bertz CT molecular complexity index is 1150. The highest BCUT2D eigenvalue weighted by molar-refractivity contribution is 5.71. The molecule has 0 unspecified atom stereocenters. The normalized spacial score (nSPS) is 12.5. The van der Waals surface area contributed by atoms with E-state index < -0.39 is 6.10 Å². The van der Waals surface area contributed by atoms with Crippen LogP contribution in [-0.2, 0) is 28.6 Å². The highest BCUT2D eigenvalue weighted by Gasteiger charge is 2.19. The molecule has 0 fully saturated rings. The van der Waals surface area contributed by atoms with Gasteiger partial charge in [-0.05, 0) is 83.5 Å². The first-order chi connectivity index (χ1) is 31.0. The number of carbonyl (C=O) groups is 3. The van der Waals surface area contributed by atoms with Crippen LogP contribution in [0.1, 0.15) is 265 Å². The Morgan fingerprint density at radius 3 is 0.984 bits per heavy atom. The quantitative estimate of drug-likeness (QED) is 0.0262.